The highest BCUT2D eigenvalue weighted by atomic mass is 16.5. The van der Waals surface area contributed by atoms with Gasteiger partial charge in [0, 0.05) is 6.04 Å². The van der Waals surface area contributed by atoms with Crippen LogP contribution in [0, 0.1) is 5.92 Å². The number of hydrogen-bond acceptors (Lipinski definition) is 3. The molecular weight excluding hydrogens is 250 g/mol. The van der Waals surface area contributed by atoms with Crippen molar-refractivity contribution >= 4 is 0 Å². The van der Waals surface area contributed by atoms with Gasteiger partial charge in [0.15, 0.2) is 0 Å². The van der Waals surface area contributed by atoms with Gasteiger partial charge in [-0.3, -0.25) is 0 Å². The lowest BCUT2D eigenvalue weighted by atomic mass is 9.98. The van der Waals surface area contributed by atoms with E-state index in [1.807, 2.05) is 24.3 Å². The summed E-state index contributed by atoms with van der Waals surface area (Å²) in [4.78, 5) is 0. The molecule has 20 heavy (non-hydrogen) atoms. The fraction of sp³-hybridized carbons (Fsp3) is 0.647. The molecule has 1 aliphatic rings. The van der Waals surface area contributed by atoms with E-state index in [1.54, 1.807) is 7.11 Å². The molecule has 3 heteroatoms. The Balaban J connectivity index is 1.86. The molecule has 0 radical (unpaired) electrons. The summed E-state index contributed by atoms with van der Waals surface area (Å²) >= 11 is 0. The van der Waals surface area contributed by atoms with Crippen molar-refractivity contribution < 1.29 is 9.47 Å². The number of methoxy groups -OCH3 is 1. The summed E-state index contributed by atoms with van der Waals surface area (Å²) in [5.41, 5.74) is 0. The Hall–Kier alpha value is -1.22. The third-order valence-electron chi connectivity index (χ3n) is 4.11. The van der Waals surface area contributed by atoms with Gasteiger partial charge in [0.05, 0.1) is 7.11 Å². The monoisotopic (exact) mass is 277 g/mol. The minimum atomic E-state index is 0.486. The third kappa shape index (κ3) is 4.41. The predicted octanol–water partition coefficient (Wildman–Crippen LogP) is 3.63. The molecule has 3 nitrogen and oxygen atoms in total. The molecule has 1 atom stereocenters. The number of rotatable bonds is 8. The molecule has 1 aromatic carbocycles. The molecule has 0 bridgehead atoms. The maximum absolute atomic E-state index is 5.96. The molecule has 0 spiro atoms. The van der Waals surface area contributed by atoms with Crippen molar-refractivity contribution in [1.29, 1.82) is 0 Å². The van der Waals surface area contributed by atoms with Crippen LogP contribution in [0.1, 0.15) is 39.0 Å². The Bertz CT molecular complexity index is 371. The van der Waals surface area contributed by atoms with Crippen LogP contribution in [0.2, 0.25) is 0 Å². The molecule has 0 aliphatic heterocycles. The summed E-state index contributed by atoms with van der Waals surface area (Å²) in [6.45, 7) is 4.05. The van der Waals surface area contributed by atoms with Crippen LogP contribution in [0.25, 0.3) is 0 Å². The average molecular weight is 277 g/mol. The molecule has 0 saturated heterocycles. The molecule has 112 valence electrons. The summed E-state index contributed by atoms with van der Waals surface area (Å²) in [7, 11) is 1.68. The van der Waals surface area contributed by atoms with Crippen molar-refractivity contribution in [3.63, 3.8) is 0 Å². The van der Waals surface area contributed by atoms with Crippen molar-refractivity contribution in [1.82, 2.24) is 5.32 Å². The molecule has 1 N–H and O–H groups in total. The number of ether oxygens (including phenoxy) is 2. The van der Waals surface area contributed by atoms with Crippen molar-refractivity contribution in [2.24, 2.45) is 5.92 Å². The van der Waals surface area contributed by atoms with E-state index in [4.69, 9.17) is 9.47 Å². The summed E-state index contributed by atoms with van der Waals surface area (Å²) in [6, 6.07) is 8.33. The molecule has 2 rings (SSSR count). The summed E-state index contributed by atoms with van der Waals surface area (Å²) < 4.78 is 11.1. The first kappa shape index (κ1) is 15.2. The maximum atomic E-state index is 5.96. The van der Waals surface area contributed by atoms with Crippen molar-refractivity contribution in [2.45, 2.75) is 45.1 Å². The van der Waals surface area contributed by atoms with Crippen molar-refractivity contribution in [3.8, 4) is 11.5 Å². The lowest BCUT2D eigenvalue weighted by Gasteiger charge is -2.25. The average Bonchev–Trinajstić information content (AvgIpc) is 3.02. The number of nitrogens with one attached hydrogen (secondary N) is 1. The van der Waals surface area contributed by atoms with E-state index < -0.39 is 0 Å². The molecule has 0 amide bonds. The van der Waals surface area contributed by atoms with Crippen molar-refractivity contribution in [2.75, 3.05) is 20.3 Å². The molecule has 1 fully saturated rings. The molecular formula is C17H27NO2. The van der Waals surface area contributed by atoms with Gasteiger partial charge in [-0.25, -0.2) is 0 Å². The van der Waals surface area contributed by atoms with Gasteiger partial charge in [-0.1, -0.05) is 19.8 Å². The van der Waals surface area contributed by atoms with Crippen LogP contribution >= 0.6 is 0 Å². The van der Waals surface area contributed by atoms with Gasteiger partial charge >= 0.3 is 0 Å². The molecule has 1 saturated carbocycles. The summed E-state index contributed by atoms with van der Waals surface area (Å²) in [5.74, 6) is 2.57. The highest BCUT2D eigenvalue weighted by molar-refractivity contribution is 5.31. The van der Waals surface area contributed by atoms with Crippen LogP contribution in [-0.2, 0) is 0 Å². The van der Waals surface area contributed by atoms with E-state index in [-0.39, 0.29) is 0 Å². The second-order valence-electron chi connectivity index (χ2n) is 5.59. The molecule has 0 heterocycles. The number of benzene rings is 1. The summed E-state index contributed by atoms with van der Waals surface area (Å²) in [6.07, 6.45) is 6.60. The Morgan fingerprint density at radius 3 is 2.40 bits per heavy atom. The fourth-order valence-corrected chi connectivity index (χ4v) is 2.91. The topological polar surface area (TPSA) is 30.5 Å². The van der Waals surface area contributed by atoms with E-state index in [0.717, 1.165) is 30.6 Å². The predicted molar refractivity (Wildman–Crippen MR) is 82.5 cm³/mol. The van der Waals surface area contributed by atoms with Crippen molar-refractivity contribution in [3.05, 3.63) is 24.3 Å². The van der Waals surface area contributed by atoms with Crippen LogP contribution in [-0.4, -0.2) is 26.3 Å². The van der Waals surface area contributed by atoms with Crippen LogP contribution < -0.4 is 14.8 Å². The van der Waals surface area contributed by atoms with Gasteiger partial charge in [0.2, 0.25) is 0 Å². The summed E-state index contributed by atoms with van der Waals surface area (Å²) in [5, 5.41) is 3.65. The standard InChI is InChI=1S/C17H27NO2/c1-3-12-18-17(14-6-4-5-7-14)13-20-16-10-8-15(19-2)9-11-16/h8-11,14,17-18H,3-7,12-13H2,1-2H3. The first-order chi connectivity index (χ1) is 9.83. The van der Waals surface area contributed by atoms with Gasteiger partial charge in [-0.15, -0.1) is 0 Å². The quantitative estimate of drug-likeness (QED) is 0.787. The van der Waals surface area contributed by atoms with Crippen LogP contribution in [0.3, 0.4) is 0 Å². The molecule has 1 aliphatic carbocycles. The van der Waals surface area contributed by atoms with E-state index in [9.17, 15) is 0 Å². The zero-order chi connectivity index (χ0) is 14.2. The highest BCUT2D eigenvalue weighted by Gasteiger charge is 2.24. The Morgan fingerprint density at radius 2 is 1.80 bits per heavy atom. The van der Waals surface area contributed by atoms with Crippen LogP contribution in [0.5, 0.6) is 11.5 Å². The van der Waals surface area contributed by atoms with E-state index in [2.05, 4.69) is 12.2 Å². The lowest BCUT2D eigenvalue weighted by Crippen LogP contribution is -2.40. The normalized spacial score (nSPS) is 17.1. The van der Waals surface area contributed by atoms with E-state index >= 15 is 0 Å². The fourth-order valence-electron chi connectivity index (χ4n) is 2.91. The highest BCUT2D eigenvalue weighted by Crippen LogP contribution is 2.28. The van der Waals surface area contributed by atoms with Gasteiger partial charge in [-0.2, -0.15) is 0 Å². The minimum absolute atomic E-state index is 0.486. The Morgan fingerprint density at radius 1 is 1.15 bits per heavy atom. The first-order valence-electron chi connectivity index (χ1n) is 7.83. The third-order valence-corrected chi connectivity index (χ3v) is 4.11. The van der Waals surface area contributed by atoms with Gasteiger partial charge < -0.3 is 14.8 Å². The second kappa shape index (κ2) is 8.15. The van der Waals surface area contributed by atoms with Gasteiger partial charge in [0.1, 0.15) is 18.1 Å². The minimum Gasteiger partial charge on any atom is -0.497 e. The second-order valence-corrected chi connectivity index (χ2v) is 5.59. The van der Waals surface area contributed by atoms with E-state index in [0.29, 0.717) is 6.04 Å². The zero-order valence-electron chi connectivity index (χ0n) is 12.7. The lowest BCUT2D eigenvalue weighted by molar-refractivity contribution is 0.217. The first-order valence-corrected chi connectivity index (χ1v) is 7.83. The molecule has 0 aromatic heterocycles. The van der Waals surface area contributed by atoms with Crippen LogP contribution in [0.4, 0.5) is 0 Å². The van der Waals surface area contributed by atoms with Crippen LogP contribution in [0.15, 0.2) is 24.3 Å². The zero-order valence-corrected chi connectivity index (χ0v) is 12.7. The Labute approximate surface area is 122 Å². The molecule has 1 aromatic rings. The smallest absolute Gasteiger partial charge is 0.119 e. The molecule has 1 unspecified atom stereocenters. The SMILES string of the molecule is CCCNC(COc1ccc(OC)cc1)C1CCCC1. The Kier molecular flexibility index (Phi) is 6.19. The number of hydrogen-bond donors (Lipinski definition) is 1. The largest absolute Gasteiger partial charge is 0.497 e. The maximum Gasteiger partial charge on any atom is 0.119 e. The van der Waals surface area contributed by atoms with Gasteiger partial charge in [0.25, 0.3) is 0 Å². The van der Waals surface area contributed by atoms with E-state index in [1.165, 1.54) is 32.1 Å². The van der Waals surface area contributed by atoms with Gasteiger partial charge in [-0.05, 0) is 56.0 Å².